The number of carboxylic acid groups (broad SMARTS) is 1. The van der Waals surface area contributed by atoms with Gasteiger partial charge in [-0.25, -0.2) is 13.9 Å². The van der Waals surface area contributed by atoms with Crippen LogP contribution in [-0.4, -0.2) is 26.1 Å². The maximum atomic E-state index is 13.8. The topological polar surface area (TPSA) is 94.0 Å². The second-order valence-electron chi connectivity index (χ2n) is 4.19. The molecule has 0 aliphatic rings. The molecule has 0 saturated heterocycles. The Morgan fingerprint density at radius 3 is 2.80 bits per heavy atom. The second kappa shape index (κ2) is 4.30. The zero-order valence-corrected chi connectivity index (χ0v) is 10.1. The predicted octanol–water partition coefficient (Wildman–Crippen LogP) is 1.84. The van der Waals surface area contributed by atoms with Gasteiger partial charge in [-0.05, 0) is 18.2 Å². The van der Waals surface area contributed by atoms with Gasteiger partial charge in [0.2, 0.25) is 0 Å². The number of halogens is 1. The third kappa shape index (κ3) is 1.76. The number of hydrogen-bond acceptors (Lipinski definition) is 4. The molecule has 0 fully saturated rings. The number of rotatable bonds is 2. The minimum absolute atomic E-state index is 0.111. The van der Waals surface area contributed by atoms with Gasteiger partial charge in [0.05, 0.1) is 22.5 Å². The normalized spacial score (nSPS) is 10.8. The molecule has 1 heterocycles. The molecular formula is C13H9FN4O2. The summed E-state index contributed by atoms with van der Waals surface area (Å²) >= 11 is 0. The number of anilines is 1. The van der Waals surface area contributed by atoms with Crippen molar-refractivity contribution in [1.82, 2.24) is 15.0 Å². The quantitative estimate of drug-likeness (QED) is 0.694. The number of nitrogens with two attached hydrogens (primary N) is 1. The molecule has 0 atom stereocenters. The lowest BCUT2D eigenvalue weighted by Gasteiger charge is -2.08. The number of aromatic carboxylic acids is 1. The van der Waals surface area contributed by atoms with E-state index >= 15 is 0 Å². The molecule has 0 aliphatic heterocycles. The SMILES string of the molecule is Nc1cc(C(=O)O)c(F)cc1-n1nnc2ccccc21. The van der Waals surface area contributed by atoms with Crippen molar-refractivity contribution in [1.29, 1.82) is 0 Å². The van der Waals surface area contributed by atoms with E-state index in [0.717, 1.165) is 12.1 Å². The Morgan fingerprint density at radius 1 is 1.30 bits per heavy atom. The fourth-order valence-electron chi connectivity index (χ4n) is 1.97. The fraction of sp³-hybridized carbons (Fsp3) is 0. The van der Waals surface area contributed by atoms with E-state index in [9.17, 15) is 9.18 Å². The van der Waals surface area contributed by atoms with Gasteiger partial charge >= 0.3 is 5.97 Å². The van der Waals surface area contributed by atoms with E-state index < -0.39 is 17.3 Å². The smallest absolute Gasteiger partial charge is 0.338 e. The summed E-state index contributed by atoms with van der Waals surface area (Å²) in [5.41, 5.74) is 6.97. The average Bonchev–Trinajstić information content (AvgIpc) is 2.84. The summed E-state index contributed by atoms with van der Waals surface area (Å²) in [5, 5.41) is 16.7. The lowest BCUT2D eigenvalue weighted by Crippen LogP contribution is -2.07. The predicted molar refractivity (Wildman–Crippen MR) is 70.2 cm³/mol. The van der Waals surface area contributed by atoms with Crippen LogP contribution in [0.3, 0.4) is 0 Å². The van der Waals surface area contributed by atoms with E-state index in [1.807, 2.05) is 0 Å². The van der Waals surface area contributed by atoms with E-state index in [-0.39, 0.29) is 11.4 Å². The van der Waals surface area contributed by atoms with Crippen molar-refractivity contribution < 1.29 is 14.3 Å². The van der Waals surface area contributed by atoms with E-state index in [1.54, 1.807) is 24.3 Å². The molecule has 3 N–H and O–H groups in total. The van der Waals surface area contributed by atoms with Gasteiger partial charge in [0.25, 0.3) is 0 Å². The van der Waals surface area contributed by atoms with Crippen molar-refractivity contribution in [2.75, 3.05) is 5.73 Å². The van der Waals surface area contributed by atoms with Gasteiger partial charge in [-0.2, -0.15) is 0 Å². The largest absolute Gasteiger partial charge is 0.478 e. The first-order valence-corrected chi connectivity index (χ1v) is 5.71. The van der Waals surface area contributed by atoms with Crippen LogP contribution >= 0.6 is 0 Å². The number of para-hydroxylation sites is 1. The molecule has 0 unspecified atom stereocenters. The van der Waals surface area contributed by atoms with Crippen LogP contribution in [0.4, 0.5) is 10.1 Å². The van der Waals surface area contributed by atoms with Crippen LogP contribution < -0.4 is 5.73 Å². The number of fused-ring (bicyclic) bond motifs is 1. The number of benzene rings is 2. The molecule has 3 aromatic rings. The number of hydrogen-bond donors (Lipinski definition) is 2. The minimum atomic E-state index is -1.37. The van der Waals surface area contributed by atoms with Gasteiger partial charge < -0.3 is 10.8 Å². The third-order valence-corrected chi connectivity index (χ3v) is 2.93. The molecular weight excluding hydrogens is 263 g/mol. The molecule has 0 bridgehead atoms. The van der Waals surface area contributed by atoms with Crippen molar-refractivity contribution in [3.8, 4) is 5.69 Å². The van der Waals surface area contributed by atoms with Crippen molar-refractivity contribution in [2.45, 2.75) is 0 Å². The zero-order chi connectivity index (χ0) is 14.3. The first kappa shape index (κ1) is 12.1. The lowest BCUT2D eigenvalue weighted by atomic mass is 10.1. The van der Waals surface area contributed by atoms with Gasteiger partial charge in [0.1, 0.15) is 11.3 Å². The van der Waals surface area contributed by atoms with Crippen molar-refractivity contribution in [2.24, 2.45) is 0 Å². The van der Waals surface area contributed by atoms with Crippen molar-refractivity contribution in [3.63, 3.8) is 0 Å². The van der Waals surface area contributed by atoms with Gasteiger partial charge in [-0.15, -0.1) is 5.10 Å². The van der Waals surface area contributed by atoms with Crippen LogP contribution in [-0.2, 0) is 0 Å². The second-order valence-corrected chi connectivity index (χ2v) is 4.19. The number of carboxylic acids is 1. The first-order valence-electron chi connectivity index (χ1n) is 5.71. The molecule has 0 radical (unpaired) electrons. The Morgan fingerprint density at radius 2 is 2.05 bits per heavy atom. The fourth-order valence-corrected chi connectivity index (χ4v) is 1.97. The van der Waals surface area contributed by atoms with E-state index in [4.69, 9.17) is 10.8 Å². The molecule has 100 valence electrons. The Labute approximate surface area is 112 Å². The number of nitrogens with zero attached hydrogens (tertiary/aromatic N) is 3. The van der Waals surface area contributed by atoms with Crippen molar-refractivity contribution in [3.05, 3.63) is 47.8 Å². The van der Waals surface area contributed by atoms with E-state index in [0.29, 0.717) is 11.0 Å². The summed E-state index contributed by atoms with van der Waals surface area (Å²) < 4.78 is 15.1. The highest BCUT2D eigenvalue weighted by atomic mass is 19.1. The number of nitrogen functional groups attached to an aromatic ring is 1. The lowest BCUT2D eigenvalue weighted by molar-refractivity contribution is 0.0692. The Kier molecular flexibility index (Phi) is 2.60. The monoisotopic (exact) mass is 272 g/mol. The summed E-state index contributed by atoms with van der Waals surface area (Å²) in [5.74, 6) is -2.24. The standard InChI is InChI=1S/C13H9FN4O2/c14-8-6-12(9(15)5-7(8)13(19)20)18-11-4-2-1-3-10(11)16-17-18/h1-6H,15H2,(H,19,20). The highest BCUT2D eigenvalue weighted by Crippen LogP contribution is 2.24. The maximum absolute atomic E-state index is 13.8. The maximum Gasteiger partial charge on any atom is 0.338 e. The van der Waals surface area contributed by atoms with Crippen LogP contribution in [0.1, 0.15) is 10.4 Å². The van der Waals surface area contributed by atoms with Gasteiger partial charge in [0.15, 0.2) is 0 Å². The first-order chi connectivity index (χ1) is 9.58. The molecule has 7 heteroatoms. The molecule has 0 spiro atoms. The van der Waals surface area contributed by atoms with Gasteiger partial charge in [-0.1, -0.05) is 17.3 Å². The molecule has 1 aromatic heterocycles. The van der Waals surface area contributed by atoms with Gasteiger partial charge in [0, 0.05) is 6.07 Å². The molecule has 6 nitrogen and oxygen atoms in total. The molecule has 0 aliphatic carbocycles. The highest BCUT2D eigenvalue weighted by molar-refractivity contribution is 5.90. The van der Waals surface area contributed by atoms with Crippen LogP contribution in [0.15, 0.2) is 36.4 Å². The summed E-state index contributed by atoms with van der Waals surface area (Å²) in [6.07, 6.45) is 0. The molecule has 0 saturated carbocycles. The van der Waals surface area contributed by atoms with E-state index in [2.05, 4.69) is 10.3 Å². The Hall–Kier alpha value is -2.96. The average molecular weight is 272 g/mol. The van der Waals surface area contributed by atoms with Crippen LogP contribution in [0.5, 0.6) is 0 Å². The molecule has 20 heavy (non-hydrogen) atoms. The number of carbonyl (C=O) groups is 1. The minimum Gasteiger partial charge on any atom is -0.478 e. The summed E-state index contributed by atoms with van der Waals surface area (Å²) in [6.45, 7) is 0. The third-order valence-electron chi connectivity index (χ3n) is 2.93. The van der Waals surface area contributed by atoms with Crippen molar-refractivity contribution >= 4 is 22.7 Å². The summed E-state index contributed by atoms with van der Waals surface area (Å²) in [7, 11) is 0. The number of aromatic nitrogens is 3. The molecule has 0 amide bonds. The van der Waals surface area contributed by atoms with Crippen LogP contribution in [0, 0.1) is 5.82 Å². The highest BCUT2D eigenvalue weighted by Gasteiger charge is 2.16. The van der Waals surface area contributed by atoms with Crippen LogP contribution in [0.25, 0.3) is 16.7 Å². The Balaban J connectivity index is 2.25. The van der Waals surface area contributed by atoms with Gasteiger partial charge in [-0.3, -0.25) is 0 Å². The van der Waals surface area contributed by atoms with Crippen LogP contribution in [0.2, 0.25) is 0 Å². The molecule has 2 aromatic carbocycles. The van der Waals surface area contributed by atoms with E-state index in [1.165, 1.54) is 4.68 Å². The molecule has 3 rings (SSSR count). The Bertz CT molecular complexity index is 828. The summed E-state index contributed by atoms with van der Waals surface area (Å²) in [6, 6.07) is 9.23. The summed E-state index contributed by atoms with van der Waals surface area (Å²) in [4.78, 5) is 10.9. The zero-order valence-electron chi connectivity index (χ0n) is 10.1.